The minimum absolute atomic E-state index is 0.0267. The first-order valence-electron chi connectivity index (χ1n) is 11.8. The standard InChI is InChI=1S/C26H27Cl2N5O4S/c1-15(2)24(25(29)34)30-26(32-38(35,36)20-11-7-18(28)8-12-20)21-14-22(23-13-4-16(3)37-23)33(31-21)19-9-5-17(27)6-10-19/h4-13,15,22,24H,14H2,1-3H3,(H2,29,34)(H,30,32)/t22?,24-/m0/s1. The van der Waals surface area contributed by atoms with Crippen molar-refractivity contribution in [3.8, 4) is 0 Å². The first-order chi connectivity index (χ1) is 17.9. The molecule has 0 radical (unpaired) electrons. The van der Waals surface area contributed by atoms with Gasteiger partial charge in [0, 0.05) is 16.5 Å². The highest BCUT2D eigenvalue weighted by molar-refractivity contribution is 7.90. The van der Waals surface area contributed by atoms with Crippen molar-refractivity contribution in [2.24, 2.45) is 21.7 Å². The van der Waals surface area contributed by atoms with Crippen molar-refractivity contribution in [2.45, 2.75) is 44.2 Å². The maximum Gasteiger partial charge on any atom is 0.263 e. The number of carbonyl (C=O) groups excluding carboxylic acids is 1. The van der Waals surface area contributed by atoms with Crippen LogP contribution in [0, 0.1) is 12.8 Å². The predicted octanol–water partition coefficient (Wildman–Crippen LogP) is 5.09. The average molecular weight is 577 g/mol. The molecule has 9 nitrogen and oxygen atoms in total. The third kappa shape index (κ3) is 6.20. The van der Waals surface area contributed by atoms with Gasteiger partial charge >= 0.3 is 0 Å². The van der Waals surface area contributed by atoms with Crippen LogP contribution in [0.15, 0.2) is 80.1 Å². The van der Waals surface area contributed by atoms with Crippen molar-refractivity contribution in [1.82, 2.24) is 4.72 Å². The monoisotopic (exact) mass is 575 g/mol. The molecular weight excluding hydrogens is 549 g/mol. The minimum atomic E-state index is -4.11. The number of halogens is 2. The molecule has 0 spiro atoms. The number of carbonyl (C=O) groups is 1. The lowest BCUT2D eigenvalue weighted by molar-refractivity contribution is -0.120. The van der Waals surface area contributed by atoms with Gasteiger partial charge in [0.2, 0.25) is 5.91 Å². The summed E-state index contributed by atoms with van der Waals surface area (Å²) in [4.78, 5) is 16.7. The van der Waals surface area contributed by atoms with E-state index in [1.54, 1.807) is 43.1 Å². The Kier molecular flexibility index (Phi) is 8.15. The molecule has 0 saturated carbocycles. The normalized spacial score (nSPS) is 17.0. The molecule has 0 saturated heterocycles. The van der Waals surface area contributed by atoms with Gasteiger partial charge in [-0.15, -0.1) is 0 Å². The molecule has 3 aromatic rings. The molecule has 12 heteroatoms. The zero-order valence-corrected chi connectivity index (χ0v) is 23.3. The van der Waals surface area contributed by atoms with Crippen LogP contribution in [0.4, 0.5) is 5.69 Å². The molecule has 38 heavy (non-hydrogen) atoms. The number of aryl methyl sites for hydroxylation is 1. The van der Waals surface area contributed by atoms with Gasteiger partial charge in [0.05, 0.1) is 10.6 Å². The molecule has 200 valence electrons. The summed E-state index contributed by atoms with van der Waals surface area (Å²) in [5.74, 6) is 0.291. The third-order valence-electron chi connectivity index (χ3n) is 5.91. The van der Waals surface area contributed by atoms with Crippen LogP contribution in [0.2, 0.25) is 10.0 Å². The number of furan rings is 1. The van der Waals surface area contributed by atoms with Gasteiger partial charge in [0.1, 0.15) is 29.3 Å². The molecule has 1 unspecified atom stereocenters. The van der Waals surface area contributed by atoms with E-state index in [2.05, 4.69) is 9.71 Å². The Bertz CT molecular complexity index is 1480. The van der Waals surface area contributed by atoms with E-state index in [1.807, 2.05) is 19.1 Å². The molecule has 2 aromatic carbocycles. The predicted molar refractivity (Wildman–Crippen MR) is 149 cm³/mol. The summed E-state index contributed by atoms with van der Waals surface area (Å²) in [6.45, 7) is 5.38. The van der Waals surface area contributed by atoms with E-state index >= 15 is 0 Å². The van der Waals surface area contributed by atoms with Crippen molar-refractivity contribution in [2.75, 3.05) is 5.01 Å². The highest BCUT2D eigenvalue weighted by Crippen LogP contribution is 2.37. The van der Waals surface area contributed by atoms with Crippen LogP contribution in [-0.4, -0.2) is 31.9 Å². The molecule has 0 bridgehead atoms. The topological polar surface area (TPSA) is 130 Å². The highest BCUT2D eigenvalue weighted by Gasteiger charge is 2.36. The van der Waals surface area contributed by atoms with Gasteiger partial charge in [0.25, 0.3) is 10.0 Å². The SMILES string of the molecule is Cc1ccc(C2CC(C(=N[C@H](C(N)=O)C(C)C)NS(=O)(=O)c3ccc(Cl)cc3)=NN2c2ccc(Cl)cc2)o1. The Morgan fingerprint density at radius 3 is 2.21 bits per heavy atom. The molecule has 1 amide bonds. The summed E-state index contributed by atoms with van der Waals surface area (Å²) >= 11 is 12.0. The van der Waals surface area contributed by atoms with Crippen molar-refractivity contribution in [1.29, 1.82) is 0 Å². The van der Waals surface area contributed by atoms with Gasteiger partial charge in [-0.05, 0) is 73.5 Å². The molecule has 3 N–H and O–H groups in total. The van der Waals surface area contributed by atoms with Crippen LogP contribution < -0.4 is 15.5 Å². The van der Waals surface area contributed by atoms with E-state index in [0.29, 0.717) is 27.2 Å². The Labute approximate surface area is 231 Å². The first-order valence-corrected chi connectivity index (χ1v) is 14.0. The zero-order valence-electron chi connectivity index (χ0n) is 20.9. The molecular formula is C26H27Cl2N5O4S. The van der Waals surface area contributed by atoms with E-state index in [4.69, 9.17) is 38.5 Å². The number of benzene rings is 2. The second kappa shape index (κ2) is 11.2. The maximum absolute atomic E-state index is 13.3. The fourth-order valence-electron chi connectivity index (χ4n) is 3.98. The number of anilines is 1. The van der Waals surface area contributed by atoms with E-state index in [1.165, 1.54) is 24.3 Å². The first kappa shape index (κ1) is 27.7. The Balaban J connectivity index is 1.81. The van der Waals surface area contributed by atoms with Crippen molar-refractivity contribution >= 4 is 56.4 Å². The Morgan fingerprint density at radius 1 is 1.08 bits per heavy atom. The van der Waals surface area contributed by atoms with Gasteiger partial charge < -0.3 is 10.2 Å². The second-order valence-corrected chi connectivity index (χ2v) is 11.7. The molecule has 1 aromatic heterocycles. The van der Waals surface area contributed by atoms with Gasteiger partial charge in [-0.2, -0.15) is 5.10 Å². The molecule has 1 aliphatic heterocycles. The summed E-state index contributed by atoms with van der Waals surface area (Å²) in [7, 11) is -4.11. The van der Waals surface area contributed by atoms with E-state index in [-0.39, 0.29) is 23.1 Å². The average Bonchev–Trinajstić information content (AvgIpc) is 3.48. The smallest absolute Gasteiger partial charge is 0.263 e. The van der Waals surface area contributed by atoms with Gasteiger partial charge in [-0.3, -0.25) is 19.5 Å². The second-order valence-electron chi connectivity index (χ2n) is 9.16. The highest BCUT2D eigenvalue weighted by atomic mass is 35.5. The number of nitrogens with zero attached hydrogens (tertiary/aromatic N) is 3. The number of aliphatic imine (C=N–C) groups is 1. The van der Waals surface area contributed by atoms with Crippen LogP contribution >= 0.6 is 23.2 Å². The van der Waals surface area contributed by atoms with Crippen LogP contribution in [0.3, 0.4) is 0 Å². The molecule has 2 atom stereocenters. The van der Waals surface area contributed by atoms with Crippen molar-refractivity contribution in [3.05, 3.63) is 82.2 Å². The molecule has 0 aliphatic carbocycles. The fraction of sp³-hybridized carbons (Fsp3) is 0.269. The van der Waals surface area contributed by atoms with Crippen LogP contribution in [0.1, 0.15) is 37.8 Å². The number of nitrogens with one attached hydrogen (secondary N) is 1. The van der Waals surface area contributed by atoms with Crippen LogP contribution in [-0.2, 0) is 14.8 Å². The largest absolute Gasteiger partial charge is 0.464 e. The van der Waals surface area contributed by atoms with E-state index < -0.39 is 28.0 Å². The van der Waals surface area contributed by atoms with E-state index in [9.17, 15) is 13.2 Å². The summed E-state index contributed by atoms with van der Waals surface area (Å²) in [6.07, 6.45) is 0.237. The summed E-state index contributed by atoms with van der Waals surface area (Å²) in [5, 5.41) is 7.40. The zero-order chi connectivity index (χ0) is 27.6. The molecule has 1 aliphatic rings. The maximum atomic E-state index is 13.3. The fourth-order valence-corrected chi connectivity index (χ4v) is 5.27. The number of rotatable bonds is 8. The quantitative estimate of drug-likeness (QED) is 0.285. The Hall–Kier alpha value is -3.34. The van der Waals surface area contributed by atoms with Gasteiger partial charge in [0.15, 0.2) is 5.84 Å². The lowest BCUT2D eigenvalue weighted by atomic mass is 10.0. The number of sulfonamides is 1. The molecule has 4 rings (SSSR count). The number of amides is 1. The number of hydrogen-bond acceptors (Lipinski definition) is 7. The summed E-state index contributed by atoms with van der Waals surface area (Å²) in [6, 6.07) is 15.0. The van der Waals surface area contributed by atoms with Gasteiger partial charge in [-0.1, -0.05) is 37.0 Å². The number of primary amides is 1. The minimum Gasteiger partial charge on any atom is -0.464 e. The van der Waals surface area contributed by atoms with Crippen LogP contribution in [0.25, 0.3) is 0 Å². The van der Waals surface area contributed by atoms with Gasteiger partial charge in [-0.25, -0.2) is 8.42 Å². The number of amidine groups is 1. The lowest BCUT2D eigenvalue weighted by Crippen LogP contribution is -2.40. The number of hydrazone groups is 1. The van der Waals surface area contributed by atoms with Crippen molar-refractivity contribution in [3.63, 3.8) is 0 Å². The van der Waals surface area contributed by atoms with Crippen molar-refractivity contribution < 1.29 is 17.6 Å². The third-order valence-corrected chi connectivity index (χ3v) is 7.77. The number of hydrogen-bond donors (Lipinski definition) is 2. The lowest BCUT2D eigenvalue weighted by Gasteiger charge is -2.21. The molecule has 0 fully saturated rings. The summed E-state index contributed by atoms with van der Waals surface area (Å²) < 4.78 is 35.1. The van der Waals surface area contributed by atoms with Crippen LogP contribution in [0.5, 0.6) is 0 Å². The Morgan fingerprint density at radius 2 is 1.68 bits per heavy atom. The number of nitrogens with two attached hydrogens (primary N) is 1. The van der Waals surface area contributed by atoms with E-state index in [0.717, 1.165) is 5.76 Å². The summed E-state index contributed by atoms with van der Waals surface area (Å²) in [5.41, 5.74) is 6.63. The molecule has 2 heterocycles.